The van der Waals surface area contributed by atoms with Crippen LogP contribution in [0.25, 0.3) is 0 Å². The number of piperidine rings is 1. The lowest BCUT2D eigenvalue weighted by molar-refractivity contribution is 0.0903. The number of fused-ring (bicyclic) bond motifs is 1. The van der Waals surface area contributed by atoms with Crippen LogP contribution in [0.4, 0.5) is 0 Å². The fourth-order valence-corrected chi connectivity index (χ4v) is 3.91. The Hall–Kier alpha value is -2.52. The van der Waals surface area contributed by atoms with E-state index in [-0.39, 0.29) is 17.5 Å². The molecule has 0 spiro atoms. The van der Waals surface area contributed by atoms with Crippen LogP contribution in [-0.4, -0.2) is 62.8 Å². The molecule has 1 amide bonds. The Morgan fingerprint density at radius 3 is 3.14 bits per heavy atom. The molecule has 2 aromatic heterocycles. The number of aromatic amines is 1. The van der Waals surface area contributed by atoms with Crippen molar-refractivity contribution in [1.82, 2.24) is 30.0 Å². The predicted molar refractivity (Wildman–Crippen MR) is 102 cm³/mol. The van der Waals surface area contributed by atoms with Crippen LogP contribution in [0.1, 0.15) is 41.0 Å². The molecule has 0 aliphatic carbocycles. The molecule has 1 atom stereocenters. The molecule has 1 unspecified atom stereocenters. The number of H-pyrrole nitrogens is 1. The van der Waals surface area contributed by atoms with Gasteiger partial charge in [-0.1, -0.05) is 6.42 Å². The summed E-state index contributed by atoms with van der Waals surface area (Å²) in [6.07, 6.45) is 7.09. The van der Waals surface area contributed by atoms with Crippen molar-refractivity contribution < 1.29 is 9.53 Å². The summed E-state index contributed by atoms with van der Waals surface area (Å²) in [6, 6.07) is 1.92. The summed E-state index contributed by atoms with van der Waals surface area (Å²) in [5, 5.41) is 7.53. The van der Waals surface area contributed by atoms with Crippen LogP contribution in [0.5, 0.6) is 0 Å². The Labute approximate surface area is 163 Å². The number of rotatable bonds is 6. The average molecular weight is 386 g/mol. The monoisotopic (exact) mass is 386 g/mol. The smallest absolute Gasteiger partial charge is 0.269 e. The number of likely N-dealkylation sites (tertiary alicyclic amines) is 1. The number of imidazole rings is 1. The van der Waals surface area contributed by atoms with E-state index >= 15 is 0 Å². The zero-order valence-electron chi connectivity index (χ0n) is 15.9. The molecule has 28 heavy (non-hydrogen) atoms. The first-order chi connectivity index (χ1) is 13.7. The average Bonchev–Trinajstić information content (AvgIpc) is 3.26. The standard InChI is InChI=1S/C19H26N6O3/c26-18-9-14-12-28-8-4-16(14)23-25(18)7-6-24-5-2-1-3-15(24)10-21-19(27)17-11-20-13-22-17/h9,11,13,15H,1-8,10,12H2,(H,20,22)(H,21,27). The van der Waals surface area contributed by atoms with Crippen molar-refractivity contribution in [2.24, 2.45) is 0 Å². The molecule has 2 aliphatic heterocycles. The number of carbonyl (C=O) groups excluding carboxylic acids is 1. The SMILES string of the molecule is O=C(NCC1CCCCN1CCn1nc2c(cc1=O)COCC2)c1cnc[nH]1. The van der Waals surface area contributed by atoms with Gasteiger partial charge in [0.05, 0.1) is 38.0 Å². The molecule has 4 rings (SSSR count). The minimum Gasteiger partial charge on any atom is -0.376 e. The Morgan fingerprint density at radius 1 is 1.36 bits per heavy atom. The first-order valence-corrected chi connectivity index (χ1v) is 9.89. The van der Waals surface area contributed by atoms with E-state index < -0.39 is 0 Å². The number of nitrogens with zero attached hydrogens (tertiary/aromatic N) is 4. The van der Waals surface area contributed by atoms with Gasteiger partial charge >= 0.3 is 0 Å². The normalized spacial score (nSPS) is 19.9. The minimum atomic E-state index is -0.141. The van der Waals surface area contributed by atoms with Crippen LogP contribution in [0.3, 0.4) is 0 Å². The van der Waals surface area contributed by atoms with Crippen LogP contribution in [0.2, 0.25) is 0 Å². The van der Waals surface area contributed by atoms with Crippen molar-refractivity contribution in [1.29, 1.82) is 0 Å². The molecule has 0 saturated carbocycles. The molecule has 2 aliphatic rings. The largest absolute Gasteiger partial charge is 0.376 e. The number of carbonyl (C=O) groups is 1. The lowest BCUT2D eigenvalue weighted by atomic mass is 10.0. The number of aromatic nitrogens is 4. The lowest BCUT2D eigenvalue weighted by Gasteiger charge is -2.35. The van der Waals surface area contributed by atoms with Gasteiger partial charge < -0.3 is 15.0 Å². The highest BCUT2D eigenvalue weighted by atomic mass is 16.5. The molecule has 1 saturated heterocycles. The molecule has 150 valence electrons. The Bertz CT molecular complexity index is 863. The molecule has 0 aromatic carbocycles. The Kier molecular flexibility index (Phi) is 5.82. The molecule has 2 N–H and O–H groups in total. The molecular formula is C19H26N6O3. The summed E-state index contributed by atoms with van der Waals surface area (Å²) < 4.78 is 6.96. The highest BCUT2D eigenvalue weighted by Gasteiger charge is 2.23. The van der Waals surface area contributed by atoms with E-state index in [4.69, 9.17) is 4.74 Å². The minimum absolute atomic E-state index is 0.0784. The molecule has 9 nitrogen and oxygen atoms in total. The van der Waals surface area contributed by atoms with E-state index in [1.807, 2.05) is 0 Å². The van der Waals surface area contributed by atoms with Gasteiger partial charge in [-0.05, 0) is 19.4 Å². The van der Waals surface area contributed by atoms with Crippen molar-refractivity contribution >= 4 is 5.91 Å². The highest BCUT2D eigenvalue weighted by molar-refractivity contribution is 5.91. The second kappa shape index (κ2) is 8.66. The zero-order valence-corrected chi connectivity index (χ0v) is 15.9. The van der Waals surface area contributed by atoms with Crippen molar-refractivity contribution in [2.45, 2.75) is 44.9 Å². The van der Waals surface area contributed by atoms with Gasteiger partial charge in [0.2, 0.25) is 0 Å². The third-order valence-electron chi connectivity index (χ3n) is 5.49. The zero-order chi connectivity index (χ0) is 19.3. The summed E-state index contributed by atoms with van der Waals surface area (Å²) in [5.74, 6) is -0.141. The van der Waals surface area contributed by atoms with Crippen LogP contribution in [0.15, 0.2) is 23.4 Å². The van der Waals surface area contributed by atoms with Gasteiger partial charge in [0.1, 0.15) is 5.69 Å². The molecule has 9 heteroatoms. The number of hydrogen-bond donors (Lipinski definition) is 2. The van der Waals surface area contributed by atoms with E-state index in [9.17, 15) is 9.59 Å². The Morgan fingerprint density at radius 2 is 2.29 bits per heavy atom. The van der Waals surface area contributed by atoms with Crippen molar-refractivity contribution in [3.05, 3.63) is 45.9 Å². The van der Waals surface area contributed by atoms with Gasteiger partial charge in [-0.15, -0.1) is 0 Å². The maximum Gasteiger partial charge on any atom is 0.269 e. The maximum absolute atomic E-state index is 12.4. The van der Waals surface area contributed by atoms with Gasteiger partial charge in [0, 0.05) is 37.2 Å². The topological polar surface area (TPSA) is 105 Å². The van der Waals surface area contributed by atoms with Crippen molar-refractivity contribution in [3.8, 4) is 0 Å². The van der Waals surface area contributed by atoms with E-state index in [0.717, 1.165) is 50.0 Å². The summed E-state index contributed by atoms with van der Waals surface area (Å²) in [7, 11) is 0. The van der Waals surface area contributed by atoms with E-state index in [1.165, 1.54) is 12.5 Å². The Balaban J connectivity index is 1.36. The first kappa shape index (κ1) is 18.8. The third-order valence-corrected chi connectivity index (χ3v) is 5.49. The molecule has 1 fully saturated rings. The van der Waals surface area contributed by atoms with Crippen LogP contribution >= 0.6 is 0 Å². The van der Waals surface area contributed by atoms with Gasteiger partial charge in [0.15, 0.2) is 0 Å². The van der Waals surface area contributed by atoms with E-state index in [0.29, 0.717) is 32.0 Å². The summed E-state index contributed by atoms with van der Waals surface area (Å²) in [4.78, 5) is 33.6. The van der Waals surface area contributed by atoms with Crippen molar-refractivity contribution in [2.75, 3.05) is 26.2 Å². The second-order valence-electron chi connectivity index (χ2n) is 7.34. The summed E-state index contributed by atoms with van der Waals surface area (Å²) in [6.45, 7) is 3.98. The van der Waals surface area contributed by atoms with Crippen LogP contribution in [0, 0.1) is 0 Å². The van der Waals surface area contributed by atoms with Crippen LogP contribution < -0.4 is 10.9 Å². The van der Waals surface area contributed by atoms with Crippen molar-refractivity contribution in [3.63, 3.8) is 0 Å². The van der Waals surface area contributed by atoms with E-state index in [1.54, 1.807) is 10.7 Å². The first-order valence-electron chi connectivity index (χ1n) is 9.89. The van der Waals surface area contributed by atoms with Gasteiger partial charge in [-0.3, -0.25) is 14.5 Å². The van der Waals surface area contributed by atoms with Gasteiger partial charge in [0.25, 0.3) is 11.5 Å². The number of ether oxygens (including phenoxy) is 1. The summed E-state index contributed by atoms with van der Waals surface area (Å²) in [5.41, 5.74) is 2.26. The number of nitrogens with one attached hydrogen (secondary N) is 2. The quantitative estimate of drug-likeness (QED) is 0.741. The molecular weight excluding hydrogens is 360 g/mol. The van der Waals surface area contributed by atoms with Gasteiger partial charge in [-0.25, -0.2) is 9.67 Å². The maximum atomic E-state index is 12.4. The molecule has 0 bridgehead atoms. The number of amides is 1. The number of hydrogen-bond acceptors (Lipinski definition) is 6. The molecule has 2 aromatic rings. The van der Waals surface area contributed by atoms with Gasteiger partial charge in [-0.2, -0.15) is 5.10 Å². The fourth-order valence-electron chi connectivity index (χ4n) is 3.91. The highest BCUT2D eigenvalue weighted by Crippen LogP contribution is 2.17. The molecule has 0 radical (unpaired) electrons. The lowest BCUT2D eigenvalue weighted by Crippen LogP contribution is -2.48. The summed E-state index contributed by atoms with van der Waals surface area (Å²) >= 11 is 0. The molecule has 4 heterocycles. The third kappa shape index (κ3) is 4.31. The predicted octanol–water partition coefficient (Wildman–Crippen LogP) is 0.324. The second-order valence-corrected chi connectivity index (χ2v) is 7.34. The van der Waals surface area contributed by atoms with Crippen LogP contribution in [-0.2, 0) is 24.3 Å². The fraction of sp³-hybridized carbons (Fsp3) is 0.579. The van der Waals surface area contributed by atoms with E-state index in [2.05, 4.69) is 25.3 Å².